The van der Waals surface area contributed by atoms with Crippen LogP contribution in [0.2, 0.25) is 10.0 Å². The number of benzene rings is 1. The molecule has 9 nitrogen and oxygen atoms in total. The maximum absolute atomic E-state index is 13.2. The Kier molecular flexibility index (Phi) is 7.33. The number of amides is 4. The highest BCUT2D eigenvalue weighted by atomic mass is 35.5. The molecule has 33 heavy (non-hydrogen) atoms. The van der Waals surface area contributed by atoms with Gasteiger partial charge in [-0.25, -0.2) is 4.79 Å². The first-order chi connectivity index (χ1) is 15.8. The molecule has 4 amide bonds. The fraction of sp³-hybridized carbons (Fsp3) is 0.591. The third-order valence-electron chi connectivity index (χ3n) is 6.49. The third kappa shape index (κ3) is 5.54. The van der Waals surface area contributed by atoms with E-state index in [1.807, 2.05) is 24.0 Å². The minimum atomic E-state index is -1.12. The van der Waals surface area contributed by atoms with Gasteiger partial charge in [0, 0.05) is 67.5 Å². The number of nitrogens with zero attached hydrogens (tertiary/aromatic N) is 3. The monoisotopic (exact) mass is 497 g/mol. The largest absolute Gasteiger partial charge is 0.379 e. The van der Waals surface area contributed by atoms with Gasteiger partial charge >= 0.3 is 6.03 Å². The molecule has 11 heteroatoms. The Morgan fingerprint density at radius 2 is 1.70 bits per heavy atom. The molecule has 4 rings (SSSR count). The molecule has 0 aromatic heterocycles. The van der Waals surface area contributed by atoms with Gasteiger partial charge in [0.15, 0.2) is 0 Å². The zero-order chi connectivity index (χ0) is 23.6. The van der Waals surface area contributed by atoms with Crippen LogP contribution in [0.4, 0.5) is 10.5 Å². The van der Waals surface area contributed by atoms with E-state index in [9.17, 15) is 14.4 Å². The average Bonchev–Trinajstić information content (AvgIpc) is 3.05. The number of halogens is 2. The zero-order valence-corrected chi connectivity index (χ0v) is 20.1. The molecule has 180 valence electrons. The molecule has 3 aliphatic rings. The van der Waals surface area contributed by atoms with E-state index < -0.39 is 17.5 Å². The number of imide groups is 1. The molecule has 0 saturated carbocycles. The lowest BCUT2D eigenvalue weighted by molar-refractivity contribution is -0.137. The van der Waals surface area contributed by atoms with Crippen LogP contribution in [0.1, 0.15) is 13.3 Å². The number of nitrogens with one attached hydrogen (secondary N) is 2. The number of urea groups is 1. The van der Waals surface area contributed by atoms with Gasteiger partial charge in [-0.1, -0.05) is 30.1 Å². The minimum Gasteiger partial charge on any atom is -0.379 e. The Morgan fingerprint density at radius 3 is 2.27 bits per heavy atom. The normalized spacial score (nSPS) is 25.1. The number of ether oxygens (including phenoxy) is 1. The lowest BCUT2D eigenvalue weighted by atomic mass is 9.86. The number of hydrogen-bond donors (Lipinski definition) is 2. The summed E-state index contributed by atoms with van der Waals surface area (Å²) in [6.45, 7) is 7.15. The van der Waals surface area contributed by atoms with Crippen molar-refractivity contribution in [1.82, 2.24) is 20.4 Å². The summed E-state index contributed by atoms with van der Waals surface area (Å²) >= 11 is 12.3. The van der Waals surface area contributed by atoms with Gasteiger partial charge in [0.05, 0.1) is 13.2 Å². The Balaban J connectivity index is 1.38. The number of rotatable bonds is 6. The smallest absolute Gasteiger partial charge is 0.322 e. The van der Waals surface area contributed by atoms with Crippen molar-refractivity contribution in [2.24, 2.45) is 5.92 Å². The summed E-state index contributed by atoms with van der Waals surface area (Å²) in [5.41, 5.74) is -0.189. The molecule has 1 aromatic carbocycles. The number of hydrogen-bond acceptors (Lipinski definition) is 6. The summed E-state index contributed by atoms with van der Waals surface area (Å²) < 4.78 is 5.39. The molecule has 0 bridgehead atoms. The summed E-state index contributed by atoms with van der Waals surface area (Å²) in [6, 6.07) is 4.91. The molecular formula is C22H29Cl2N5O4. The van der Waals surface area contributed by atoms with Crippen molar-refractivity contribution in [2.75, 3.05) is 63.9 Å². The van der Waals surface area contributed by atoms with E-state index in [1.54, 1.807) is 6.07 Å². The molecule has 2 unspecified atom stereocenters. The maximum Gasteiger partial charge on any atom is 0.322 e. The van der Waals surface area contributed by atoms with Gasteiger partial charge in [-0.3, -0.25) is 19.8 Å². The highest BCUT2D eigenvalue weighted by Crippen LogP contribution is 2.28. The van der Waals surface area contributed by atoms with Crippen LogP contribution in [-0.2, 0) is 14.3 Å². The first-order valence-corrected chi connectivity index (χ1v) is 11.9. The quantitative estimate of drug-likeness (QED) is 0.579. The van der Waals surface area contributed by atoms with Crippen LogP contribution in [0.25, 0.3) is 0 Å². The van der Waals surface area contributed by atoms with Crippen LogP contribution in [0.15, 0.2) is 18.2 Å². The SMILES string of the molecule is CC(CC1(CN2CCOCC2)NC(=O)NC1=O)C(=O)N1CCN(c2cc(Cl)cc(Cl)c2)CC1. The van der Waals surface area contributed by atoms with Crippen molar-refractivity contribution in [3.05, 3.63) is 28.2 Å². The van der Waals surface area contributed by atoms with Crippen LogP contribution in [0.5, 0.6) is 0 Å². The summed E-state index contributed by atoms with van der Waals surface area (Å²) in [7, 11) is 0. The molecular weight excluding hydrogens is 469 g/mol. The summed E-state index contributed by atoms with van der Waals surface area (Å²) in [4.78, 5) is 44.1. The standard InChI is InChI=1S/C22H29Cl2N5O4/c1-15(13-22(20(31)25-21(32)26-22)14-27-6-8-33-9-7-27)19(30)29-4-2-28(3-5-29)18-11-16(23)10-17(24)12-18/h10-12,15H,2-9,13-14H2,1H3,(H2,25,26,31,32). The van der Waals surface area contributed by atoms with Crippen LogP contribution >= 0.6 is 23.2 Å². The molecule has 0 spiro atoms. The van der Waals surface area contributed by atoms with E-state index in [-0.39, 0.29) is 18.2 Å². The molecule has 3 saturated heterocycles. The van der Waals surface area contributed by atoms with E-state index in [4.69, 9.17) is 27.9 Å². The fourth-order valence-corrected chi connectivity index (χ4v) is 5.33. The second kappa shape index (κ2) is 10.0. The molecule has 3 aliphatic heterocycles. The van der Waals surface area contributed by atoms with Gasteiger partial charge < -0.3 is 19.9 Å². The fourth-order valence-electron chi connectivity index (χ4n) is 4.82. The van der Waals surface area contributed by atoms with Gasteiger partial charge in [-0.15, -0.1) is 0 Å². The molecule has 3 heterocycles. The van der Waals surface area contributed by atoms with Gasteiger partial charge in [0.2, 0.25) is 5.91 Å². The van der Waals surface area contributed by atoms with E-state index in [1.165, 1.54) is 0 Å². The Hall–Kier alpha value is -2.07. The van der Waals surface area contributed by atoms with Crippen LogP contribution < -0.4 is 15.5 Å². The summed E-state index contributed by atoms with van der Waals surface area (Å²) in [6.07, 6.45) is 0.241. The highest BCUT2D eigenvalue weighted by molar-refractivity contribution is 6.35. The summed E-state index contributed by atoms with van der Waals surface area (Å²) in [5.74, 6) is -0.822. The Bertz CT molecular complexity index is 898. The third-order valence-corrected chi connectivity index (χ3v) is 6.93. The summed E-state index contributed by atoms with van der Waals surface area (Å²) in [5, 5.41) is 6.31. The second-order valence-electron chi connectivity index (χ2n) is 8.92. The number of morpholine rings is 1. The van der Waals surface area contributed by atoms with E-state index in [0.717, 1.165) is 5.69 Å². The van der Waals surface area contributed by atoms with Crippen LogP contribution in [-0.4, -0.2) is 92.2 Å². The van der Waals surface area contributed by atoms with Crippen LogP contribution in [0.3, 0.4) is 0 Å². The Labute approximate surface area is 203 Å². The first-order valence-electron chi connectivity index (χ1n) is 11.2. The lowest BCUT2D eigenvalue weighted by Crippen LogP contribution is -2.59. The van der Waals surface area contributed by atoms with Crippen molar-refractivity contribution in [2.45, 2.75) is 18.9 Å². The number of anilines is 1. The molecule has 0 aliphatic carbocycles. The van der Waals surface area contributed by atoms with Crippen molar-refractivity contribution in [1.29, 1.82) is 0 Å². The first kappa shape index (κ1) is 24.1. The molecule has 2 N–H and O–H groups in total. The van der Waals surface area contributed by atoms with Crippen molar-refractivity contribution in [3.63, 3.8) is 0 Å². The number of carbonyl (C=O) groups is 3. The van der Waals surface area contributed by atoms with Gasteiger partial charge in [0.1, 0.15) is 5.54 Å². The second-order valence-corrected chi connectivity index (χ2v) is 9.80. The molecule has 0 radical (unpaired) electrons. The average molecular weight is 498 g/mol. The van der Waals surface area contributed by atoms with Crippen molar-refractivity contribution < 1.29 is 19.1 Å². The van der Waals surface area contributed by atoms with Gasteiger partial charge in [-0.2, -0.15) is 0 Å². The molecule has 2 atom stereocenters. The topological polar surface area (TPSA) is 94.2 Å². The highest BCUT2D eigenvalue weighted by Gasteiger charge is 2.49. The molecule has 1 aromatic rings. The van der Waals surface area contributed by atoms with Gasteiger partial charge in [0.25, 0.3) is 5.91 Å². The lowest BCUT2D eigenvalue weighted by Gasteiger charge is -2.39. The van der Waals surface area contributed by atoms with Crippen molar-refractivity contribution in [3.8, 4) is 0 Å². The molecule has 3 fully saturated rings. The van der Waals surface area contributed by atoms with Crippen LogP contribution in [0, 0.1) is 5.92 Å². The Morgan fingerprint density at radius 1 is 1.06 bits per heavy atom. The number of piperazine rings is 1. The van der Waals surface area contributed by atoms with Crippen molar-refractivity contribution >= 4 is 46.7 Å². The van der Waals surface area contributed by atoms with E-state index >= 15 is 0 Å². The maximum atomic E-state index is 13.2. The van der Waals surface area contributed by atoms with E-state index in [0.29, 0.717) is 69.1 Å². The number of carbonyl (C=O) groups excluding carboxylic acids is 3. The zero-order valence-electron chi connectivity index (χ0n) is 18.6. The van der Waals surface area contributed by atoms with Gasteiger partial charge in [-0.05, 0) is 24.6 Å². The van der Waals surface area contributed by atoms with E-state index in [2.05, 4.69) is 20.4 Å². The predicted molar refractivity (Wildman–Crippen MR) is 126 cm³/mol. The predicted octanol–water partition coefficient (Wildman–Crippen LogP) is 1.58. The minimum absolute atomic E-state index is 0.0194.